The van der Waals surface area contributed by atoms with Crippen LogP contribution in [0.3, 0.4) is 0 Å². The molecule has 0 aromatic carbocycles. The highest BCUT2D eigenvalue weighted by molar-refractivity contribution is 7.09. The smallest absolute Gasteiger partial charge is 0.141 e. The molecule has 0 atom stereocenters. The summed E-state index contributed by atoms with van der Waals surface area (Å²) < 4.78 is 0. The zero-order valence-corrected chi connectivity index (χ0v) is 7.64. The number of hydrogen-bond donors (Lipinski definition) is 0. The van der Waals surface area contributed by atoms with Gasteiger partial charge in [-0.1, -0.05) is 6.42 Å². The van der Waals surface area contributed by atoms with Crippen molar-refractivity contribution in [1.82, 2.24) is 4.98 Å². The standard InChI is InChI=1S/C9H11NOS/c11-9(7-2-1-3-7)4-8-5-10-6-12-8/h5-7H,1-4H2. The Hall–Kier alpha value is -0.700. The number of thiazole rings is 1. The van der Waals surface area contributed by atoms with Crippen LogP contribution in [-0.2, 0) is 11.2 Å². The molecule has 3 heteroatoms. The molecule has 1 heterocycles. The molecule has 64 valence electrons. The van der Waals surface area contributed by atoms with Crippen molar-refractivity contribution in [2.24, 2.45) is 5.92 Å². The topological polar surface area (TPSA) is 30.0 Å². The van der Waals surface area contributed by atoms with Gasteiger partial charge in [0.2, 0.25) is 0 Å². The highest BCUT2D eigenvalue weighted by Gasteiger charge is 2.24. The molecule has 2 nitrogen and oxygen atoms in total. The van der Waals surface area contributed by atoms with Gasteiger partial charge in [0.1, 0.15) is 5.78 Å². The van der Waals surface area contributed by atoms with E-state index in [-0.39, 0.29) is 0 Å². The van der Waals surface area contributed by atoms with Gasteiger partial charge in [-0.15, -0.1) is 11.3 Å². The number of nitrogens with zero attached hydrogens (tertiary/aromatic N) is 1. The number of Topliss-reactive ketones (excluding diaryl/α,β-unsaturated/α-hetero) is 1. The second-order valence-electron chi connectivity index (χ2n) is 3.24. The van der Waals surface area contributed by atoms with E-state index in [9.17, 15) is 4.79 Å². The van der Waals surface area contributed by atoms with Crippen molar-refractivity contribution in [2.45, 2.75) is 25.7 Å². The molecule has 0 spiro atoms. The predicted octanol–water partition coefficient (Wildman–Crippen LogP) is 2.05. The summed E-state index contributed by atoms with van der Waals surface area (Å²) in [6, 6.07) is 0. The number of aromatic nitrogens is 1. The van der Waals surface area contributed by atoms with Crippen molar-refractivity contribution in [3.63, 3.8) is 0 Å². The van der Waals surface area contributed by atoms with Crippen molar-refractivity contribution in [3.8, 4) is 0 Å². The van der Waals surface area contributed by atoms with E-state index in [0.29, 0.717) is 18.1 Å². The van der Waals surface area contributed by atoms with E-state index in [0.717, 1.165) is 17.7 Å². The minimum atomic E-state index is 0.368. The number of ketones is 1. The lowest BCUT2D eigenvalue weighted by molar-refractivity contribution is -0.124. The van der Waals surface area contributed by atoms with Crippen molar-refractivity contribution in [2.75, 3.05) is 0 Å². The molecule has 0 unspecified atom stereocenters. The van der Waals surface area contributed by atoms with E-state index in [1.807, 2.05) is 0 Å². The molecule has 0 bridgehead atoms. The first-order chi connectivity index (χ1) is 5.86. The number of hydrogen-bond acceptors (Lipinski definition) is 3. The lowest BCUT2D eigenvalue weighted by atomic mass is 9.81. The molecule has 0 saturated heterocycles. The minimum Gasteiger partial charge on any atom is -0.299 e. The fraction of sp³-hybridized carbons (Fsp3) is 0.556. The van der Waals surface area contributed by atoms with Gasteiger partial charge in [-0.05, 0) is 12.8 Å². The molecule has 1 aromatic rings. The Morgan fingerprint density at radius 1 is 1.67 bits per heavy atom. The van der Waals surface area contributed by atoms with Gasteiger partial charge in [0, 0.05) is 23.4 Å². The molecule has 1 fully saturated rings. The largest absolute Gasteiger partial charge is 0.299 e. The predicted molar refractivity (Wildman–Crippen MR) is 48.2 cm³/mol. The summed E-state index contributed by atoms with van der Waals surface area (Å²) in [6.45, 7) is 0. The van der Waals surface area contributed by atoms with Crippen LogP contribution in [0.1, 0.15) is 24.1 Å². The van der Waals surface area contributed by atoms with Gasteiger partial charge in [-0.2, -0.15) is 0 Å². The van der Waals surface area contributed by atoms with Gasteiger partial charge >= 0.3 is 0 Å². The van der Waals surface area contributed by atoms with E-state index in [2.05, 4.69) is 4.98 Å². The zero-order chi connectivity index (χ0) is 8.39. The highest BCUT2D eigenvalue weighted by Crippen LogP contribution is 2.28. The average molecular weight is 181 g/mol. The highest BCUT2D eigenvalue weighted by atomic mass is 32.1. The Morgan fingerprint density at radius 3 is 3.00 bits per heavy atom. The van der Waals surface area contributed by atoms with Gasteiger partial charge < -0.3 is 0 Å². The molecule has 0 amide bonds. The molecule has 0 aliphatic heterocycles. The van der Waals surface area contributed by atoms with Crippen LogP contribution < -0.4 is 0 Å². The SMILES string of the molecule is O=C(Cc1cncs1)C1CCC1. The second kappa shape index (κ2) is 3.35. The number of rotatable bonds is 3. The van der Waals surface area contributed by atoms with E-state index in [4.69, 9.17) is 0 Å². The van der Waals surface area contributed by atoms with E-state index in [1.165, 1.54) is 6.42 Å². The molecule has 12 heavy (non-hydrogen) atoms. The van der Waals surface area contributed by atoms with Gasteiger partial charge in [-0.25, -0.2) is 0 Å². The lowest BCUT2D eigenvalue weighted by Gasteiger charge is -2.23. The Kier molecular flexibility index (Phi) is 2.21. The molecule has 0 radical (unpaired) electrons. The molecule has 2 rings (SSSR count). The van der Waals surface area contributed by atoms with Gasteiger partial charge in [0.15, 0.2) is 0 Å². The Labute approximate surface area is 75.6 Å². The van der Waals surface area contributed by atoms with Gasteiger partial charge in [0.25, 0.3) is 0 Å². The average Bonchev–Trinajstić information content (AvgIpc) is 2.34. The van der Waals surface area contributed by atoms with E-state index >= 15 is 0 Å². The van der Waals surface area contributed by atoms with E-state index in [1.54, 1.807) is 23.0 Å². The molecule has 1 aliphatic rings. The molecular formula is C9H11NOS. The fourth-order valence-corrected chi connectivity index (χ4v) is 1.98. The van der Waals surface area contributed by atoms with Gasteiger partial charge in [0.05, 0.1) is 5.51 Å². The third-order valence-corrected chi connectivity index (χ3v) is 3.17. The molecular weight excluding hydrogens is 170 g/mol. The Bertz CT molecular complexity index is 264. The lowest BCUT2D eigenvalue weighted by Crippen LogP contribution is -2.23. The van der Waals surface area contributed by atoms with Crippen molar-refractivity contribution in [1.29, 1.82) is 0 Å². The van der Waals surface area contributed by atoms with Crippen LogP contribution in [0.2, 0.25) is 0 Å². The minimum absolute atomic E-state index is 0.368. The first-order valence-corrected chi connectivity index (χ1v) is 5.14. The summed E-state index contributed by atoms with van der Waals surface area (Å²) in [5, 5.41) is 0. The van der Waals surface area contributed by atoms with Crippen molar-refractivity contribution < 1.29 is 4.79 Å². The summed E-state index contributed by atoms with van der Waals surface area (Å²) in [6.07, 6.45) is 5.85. The van der Waals surface area contributed by atoms with Crippen LogP contribution in [0.5, 0.6) is 0 Å². The zero-order valence-electron chi connectivity index (χ0n) is 6.82. The van der Waals surface area contributed by atoms with Crippen molar-refractivity contribution in [3.05, 3.63) is 16.6 Å². The van der Waals surface area contributed by atoms with Crippen LogP contribution in [0.15, 0.2) is 11.7 Å². The van der Waals surface area contributed by atoms with Crippen LogP contribution in [0, 0.1) is 5.92 Å². The monoisotopic (exact) mass is 181 g/mol. The van der Waals surface area contributed by atoms with Crippen LogP contribution in [0.4, 0.5) is 0 Å². The van der Waals surface area contributed by atoms with Gasteiger partial charge in [-0.3, -0.25) is 9.78 Å². The second-order valence-corrected chi connectivity index (χ2v) is 4.21. The molecule has 1 aliphatic carbocycles. The summed E-state index contributed by atoms with van der Waals surface area (Å²) in [5.74, 6) is 0.776. The maximum absolute atomic E-state index is 11.5. The first-order valence-electron chi connectivity index (χ1n) is 4.26. The first kappa shape index (κ1) is 7.92. The number of carbonyl (C=O) groups is 1. The summed E-state index contributed by atoms with van der Waals surface area (Å²) in [4.78, 5) is 16.5. The maximum atomic E-state index is 11.5. The normalized spacial score (nSPS) is 17.3. The third kappa shape index (κ3) is 1.55. The summed E-state index contributed by atoms with van der Waals surface area (Å²) in [5.41, 5.74) is 1.78. The molecule has 1 aromatic heterocycles. The summed E-state index contributed by atoms with van der Waals surface area (Å²) >= 11 is 1.57. The Morgan fingerprint density at radius 2 is 2.50 bits per heavy atom. The fourth-order valence-electron chi connectivity index (χ4n) is 1.38. The van der Waals surface area contributed by atoms with Crippen LogP contribution >= 0.6 is 11.3 Å². The quantitative estimate of drug-likeness (QED) is 0.714. The van der Waals surface area contributed by atoms with Crippen LogP contribution in [-0.4, -0.2) is 10.8 Å². The van der Waals surface area contributed by atoms with E-state index < -0.39 is 0 Å². The van der Waals surface area contributed by atoms with Crippen LogP contribution in [0.25, 0.3) is 0 Å². The molecule has 0 N–H and O–H groups in total. The Balaban J connectivity index is 1.90. The maximum Gasteiger partial charge on any atom is 0.141 e. The third-order valence-electron chi connectivity index (χ3n) is 2.39. The van der Waals surface area contributed by atoms with Crippen molar-refractivity contribution >= 4 is 17.1 Å². The number of carbonyl (C=O) groups excluding carboxylic acids is 1. The summed E-state index contributed by atoms with van der Waals surface area (Å²) in [7, 11) is 0. The molecule has 1 saturated carbocycles.